The third-order valence-corrected chi connectivity index (χ3v) is 5.85. The highest BCUT2D eigenvalue weighted by atomic mass is 35.5. The van der Waals surface area contributed by atoms with Crippen LogP contribution in [-0.4, -0.2) is 49.9 Å². The summed E-state index contributed by atoms with van der Waals surface area (Å²) in [7, 11) is -3.04. The summed E-state index contributed by atoms with van der Waals surface area (Å²) in [6, 6.07) is 4.47. The van der Waals surface area contributed by atoms with Crippen LogP contribution < -0.4 is 4.74 Å². The lowest BCUT2D eigenvalue weighted by molar-refractivity contribution is -0.135. The van der Waals surface area contributed by atoms with Gasteiger partial charge in [0.05, 0.1) is 16.5 Å². The number of hydrogen-bond acceptors (Lipinski definition) is 4. The van der Waals surface area contributed by atoms with Gasteiger partial charge in [-0.3, -0.25) is 4.79 Å². The van der Waals surface area contributed by atoms with E-state index < -0.39 is 9.84 Å². The minimum Gasteiger partial charge on any atom is -0.482 e. The van der Waals surface area contributed by atoms with Gasteiger partial charge < -0.3 is 9.64 Å². The molecule has 5 nitrogen and oxygen atoms in total. The molecule has 22 heavy (non-hydrogen) atoms. The van der Waals surface area contributed by atoms with Crippen LogP contribution in [0.3, 0.4) is 0 Å². The second-order valence-electron chi connectivity index (χ2n) is 5.10. The molecule has 0 spiro atoms. The van der Waals surface area contributed by atoms with E-state index >= 15 is 0 Å². The number of ether oxygens (including phenoxy) is 1. The van der Waals surface area contributed by atoms with E-state index in [9.17, 15) is 13.2 Å². The van der Waals surface area contributed by atoms with Crippen molar-refractivity contribution in [2.24, 2.45) is 0 Å². The van der Waals surface area contributed by atoms with Crippen LogP contribution >= 0.6 is 23.2 Å². The smallest absolute Gasteiger partial charge is 0.260 e. The summed E-state index contributed by atoms with van der Waals surface area (Å²) in [6.07, 6.45) is 0.472. The number of carbonyl (C=O) groups excluding carboxylic acids is 1. The number of amides is 1. The molecule has 8 heteroatoms. The molecule has 1 aromatic rings. The Labute approximate surface area is 140 Å². The number of nitrogens with zero attached hydrogens (tertiary/aromatic N) is 1. The van der Waals surface area contributed by atoms with Crippen molar-refractivity contribution in [1.29, 1.82) is 0 Å². The second-order valence-corrected chi connectivity index (χ2v) is 8.17. The summed E-state index contributed by atoms with van der Waals surface area (Å²) >= 11 is 11.8. The van der Waals surface area contributed by atoms with Crippen LogP contribution in [0.15, 0.2) is 18.2 Å². The Kier molecular flexibility index (Phi) is 5.58. The molecular formula is C14H17Cl2NO4S. The summed E-state index contributed by atoms with van der Waals surface area (Å²) in [5, 5.41) is 0.824. The average Bonchev–Trinajstić information content (AvgIpc) is 2.80. The minimum absolute atomic E-state index is 0.0184. The number of sulfone groups is 1. The summed E-state index contributed by atoms with van der Waals surface area (Å²) in [6.45, 7) is 2.05. The van der Waals surface area contributed by atoms with E-state index in [1.54, 1.807) is 17.0 Å². The van der Waals surface area contributed by atoms with Crippen molar-refractivity contribution in [3.05, 3.63) is 28.2 Å². The van der Waals surface area contributed by atoms with E-state index in [0.29, 0.717) is 28.8 Å². The Balaban J connectivity index is 1.99. The third-order valence-electron chi connectivity index (χ3n) is 3.55. The van der Waals surface area contributed by atoms with Crippen LogP contribution in [0.25, 0.3) is 0 Å². The third kappa shape index (κ3) is 4.27. The van der Waals surface area contributed by atoms with Crippen molar-refractivity contribution in [2.45, 2.75) is 19.4 Å². The molecule has 1 saturated heterocycles. The molecular weight excluding hydrogens is 349 g/mol. The fourth-order valence-corrected chi connectivity index (χ4v) is 4.53. The molecule has 0 saturated carbocycles. The van der Waals surface area contributed by atoms with Crippen molar-refractivity contribution < 1.29 is 17.9 Å². The number of halogens is 2. The van der Waals surface area contributed by atoms with E-state index in [4.69, 9.17) is 27.9 Å². The zero-order valence-electron chi connectivity index (χ0n) is 12.1. The van der Waals surface area contributed by atoms with Crippen LogP contribution in [0.1, 0.15) is 13.3 Å². The van der Waals surface area contributed by atoms with Crippen molar-refractivity contribution >= 4 is 38.9 Å². The molecule has 0 N–H and O–H groups in total. The first kappa shape index (κ1) is 17.4. The Bertz CT molecular complexity index is 663. The van der Waals surface area contributed by atoms with Crippen LogP contribution in [0, 0.1) is 0 Å². The quantitative estimate of drug-likeness (QED) is 0.803. The topological polar surface area (TPSA) is 63.7 Å². The summed E-state index contributed by atoms with van der Waals surface area (Å²) in [5.74, 6) is 0.214. The molecule has 0 bridgehead atoms. The van der Waals surface area contributed by atoms with Crippen molar-refractivity contribution in [2.75, 3.05) is 24.7 Å². The zero-order chi connectivity index (χ0) is 16.3. The van der Waals surface area contributed by atoms with Gasteiger partial charge in [0.2, 0.25) is 0 Å². The Morgan fingerprint density at radius 2 is 2.14 bits per heavy atom. The number of hydrogen-bond donors (Lipinski definition) is 0. The molecule has 1 fully saturated rings. The Morgan fingerprint density at radius 1 is 1.41 bits per heavy atom. The van der Waals surface area contributed by atoms with Crippen molar-refractivity contribution in [3.8, 4) is 5.75 Å². The number of likely N-dealkylation sites (N-methyl/N-ethyl adjacent to an activating group) is 1. The minimum atomic E-state index is -3.04. The largest absolute Gasteiger partial charge is 0.482 e. The van der Waals surface area contributed by atoms with Gasteiger partial charge in [0.1, 0.15) is 5.75 Å². The molecule has 1 heterocycles. The van der Waals surface area contributed by atoms with E-state index in [-0.39, 0.29) is 30.1 Å². The molecule has 1 atom stereocenters. The maximum atomic E-state index is 12.3. The van der Waals surface area contributed by atoms with Crippen LogP contribution in [0.4, 0.5) is 0 Å². The van der Waals surface area contributed by atoms with Crippen LogP contribution in [0.5, 0.6) is 5.75 Å². The first-order valence-corrected chi connectivity index (χ1v) is 9.48. The number of benzene rings is 1. The highest BCUT2D eigenvalue weighted by molar-refractivity contribution is 7.91. The van der Waals surface area contributed by atoms with E-state index in [1.165, 1.54) is 6.07 Å². The van der Waals surface area contributed by atoms with Gasteiger partial charge in [0.25, 0.3) is 5.91 Å². The maximum absolute atomic E-state index is 12.3. The van der Waals surface area contributed by atoms with Crippen molar-refractivity contribution in [1.82, 2.24) is 4.90 Å². The summed E-state index contributed by atoms with van der Waals surface area (Å²) < 4.78 is 28.5. The van der Waals surface area contributed by atoms with E-state index in [0.717, 1.165) is 0 Å². The molecule has 0 aliphatic carbocycles. The second kappa shape index (κ2) is 7.06. The Hall–Kier alpha value is -0.980. The average molecular weight is 366 g/mol. The van der Waals surface area contributed by atoms with Crippen LogP contribution in [-0.2, 0) is 14.6 Å². The molecule has 1 unspecified atom stereocenters. The summed E-state index contributed by atoms with van der Waals surface area (Å²) in [5.41, 5.74) is 0. The highest BCUT2D eigenvalue weighted by Gasteiger charge is 2.33. The zero-order valence-corrected chi connectivity index (χ0v) is 14.4. The van der Waals surface area contributed by atoms with Gasteiger partial charge in [-0.05, 0) is 25.5 Å². The first-order chi connectivity index (χ1) is 10.3. The van der Waals surface area contributed by atoms with E-state index in [2.05, 4.69) is 0 Å². The van der Waals surface area contributed by atoms with Gasteiger partial charge in [0, 0.05) is 23.7 Å². The fourth-order valence-electron chi connectivity index (χ4n) is 2.47. The van der Waals surface area contributed by atoms with Gasteiger partial charge in [-0.15, -0.1) is 0 Å². The molecule has 1 aliphatic rings. The Morgan fingerprint density at radius 3 is 2.73 bits per heavy atom. The molecule has 0 radical (unpaired) electrons. The predicted octanol–water partition coefficient (Wildman–Crippen LogP) is 2.41. The molecule has 2 rings (SSSR count). The van der Waals surface area contributed by atoms with Gasteiger partial charge in [-0.25, -0.2) is 8.42 Å². The lowest BCUT2D eigenvalue weighted by Gasteiger charge is -2.26. The number of carbonyl (C=O) groups is 1. The van der Waals surface area contributed by atoms with Gasteiger partial charge >= 0.3 is 0 Å². The molecule has 122 valence electrons. The SMILES string of the molecule is CCN(C(=O)COc1cc(Cl)ccc1Cl)C1CCS(=O)(=O)C1. The summed E-state index contributed by atoms with van der Waals surface area (Å²) in [4.78, 5) is 13.8. The lowest BCUT2D eigenvalue weighted by Crippen LogP contribution is -2.43. The maximum Gasteiger partial charge on any atom is 0.260 e. The molecule has 1 amide bonds. The molecule has 0 aromatic heterocycles. The molecule has 1 aliphatic heterocycles. The standard InChI is InChI=1S/C14H17Cl2NO4S/c1-2-17(11-5-6-22(19,20)9-11)14(18)8-21-13-7-10(15)3-4-12(13)16/h3-4,7,11H,2,5-6,8-9H2,1H3. The fraction of sp³-hybridized carbons (Fsp3) is 0.500. The van der Waals surface area contributed by atoms with Crippen molar-refractivity contribution in [3.63, 3.8) is 0 Å². The van der Waals surface area contributed by atoms with Gasteiger partial charge in [-0.2, -0.15) is 0 Å². The predicted molar refractivity (Wildman–Crippen MR) is 86.4 cm³/mol. The molecule has 1 aromatic carbocycles. The van der Waals surface area contributed by atoms with Crippen LogP contribution in [0.2, 0.25) is 10.0 Å². The highest BCUT2D eigenvalue weighted by Crippen LogP contribution is 2.27. The van der Waals surface area contributed by atoms with Gasteiger partial charge in [0.15, 0.2) is 16.4 Å². The lowest BCUT2D eigenvalue weighted by atomic mass is 10.2. The van der Waals surface area contributed by atoms with Gasteiger partial charge in [-0.1, -0.05) is 23.2 Å². The number of rotatable bonds is 5. The first-order valence-electron chi connectivity index (χ1n) is 6.90. The normalized spacial score (nSPS) is 19.9. The monoisotopic (exact) mass is 365 g/mol. The van der Waals surface area contributed by atoms with E-state index in [1.807, 2.05) is 6.92 Å².